The lowest BCUT2D eigenvalue weighted by molar-refractivity contribution is 0.793. The molecule has 2 heteroatoms. The molecule has 0 unspecified atom stereocenters. The number of benzene rings is 12. The van der Waals surface area contributed by atoms with E-state index in [1.807, 2.05) is 0 Å². The van der Waals surface area contributed by atoms with E-state index in [0.29, 0.717) is 0 Å². The molecule has 1 aromatic heterocycles. The standard InChI is InChI=1S/C71H46N2/c1-2-15-47(16-3-1)49-33-38-54(39-34-49)72(56-42-43-61-60-22-8-12-26-66(60)71(67(61)46-56)64-24-10-6-20-58(64)59-21-7-11-25-65(59)71)55-40-35-50(36-41-55)48-29-31-51(32-30-48)53-37-44-70-63(45-53)62-23-9-13-27-69(62)73(70)68-28-14-18-52-17-4-5-19-57(52)68/h1-46H. The van der Waals surface area contributed by atoms with E-state index in [2.05, 4.69) is 289 Å². The van der Waals surface area contributed by atoms with Gasteiger partial charge in [0.2, 0.25) is 0 Å². The van der Waals surface area contributed by atoms with Gasteiger partial charge in [-0.05, 0) is 144 Å². The number of hydrogen-bond acceptors (Lipinski definition) is 1. The lowest BCUT2D eigenvalue weighted by atomic mass is 9.70. The van der Waals surface area contributed by atoms with E-state index in [9.17, 15) is 0 Å². The van der Waals surface area contributed by atoms with Crippen LogP contribution in [0.5, 0.6) is 0 Å². The van der Waals surface area contributed by atoms with E-state index < -0.39 is 5.41 Å². The highest BCUT2D eigenvalue weighted by Crippen LogP contribution is 2.63. The van der Waals surface area contributed by atoms with Crippen molar-refractivity contribution in [3.8, 4) is 61.3 Å². The van der Waals surface area contributed by atoms with Crippen LogP contribution in [-0.4, -0.2) is 4.57 Å². The van der Waals surface area contributed by atoms with Crippen LogP contribution in [0.1, 0.15) is 22.3 Å². The van der Waals surface area contributed by atoms with Gasteiger partial charge in [0.05, 0.1) is 22.1 Å². The van der Waals surface area contributed by atoms with Gasteiger partial charge in [0.25, 0.3) is 0 Å². The Labute approximate surface area is 425 Å². The first kappa shape index (κ1) is 41.3. The van der Waals surface area contributed by atoms with Crippen LogP contribution in [0.15, 0.2) is 279 Å². The minimum atomic E-state index is -0.434. The van der Waals surface area contributed by atoms with Gasteiger partial charge in [0.15, 0.2) is 0 Å². The predicted octanol–water partition coefficient (Wildman–Crippen LogP) is 18.8. The molecule has 0 amide bonds. The number of anilines is 3. The summed E-state index contributed by atoms with van der Waals surface area (Å²) in [6.45, 7) is 0. The summed E-state index contributed by atoms with van der Waals surface area (Å²) in [6.07, 6.45) is 0. The van der Waals surface area contributed by atoms with E-state index in [0.717, 1.165) is 17.1 Å². The van der Waals surface area contributed by atoms with Gasteiger partial charge in [-0.3, -0.25) is 0 Å². The van der Waals surface area contributed by atoms with Gasteiger partial charge in [-0.2, -0.15) is 0 Å². The van der Waals surface area contributed by atoms with Crippen molar-refractivity contribution >= 4 is 49.6 Å². The average molecular weight is 927 g/mol. The van der Waals surface area contributed by atoms with Gasteiger partial charge in [-0.15, -0.1) is 0 Å². The first-order valence-corrected chi connectivity index (χ1v) is 25.3. The third kappa shape index (κ3) is 6.24. The molecule has 13 aromatic rings. The third-order valence-corrected chi connectivity index (χ3v) is 15.8. The zero-order valence-corrected chi connectivity index (χ0v) is 40.0. The minimum absolute atomic E-state index is 0.434. The van der Waals surface area contributed by atoms with Crippen molar-refractivity contribution in [2.24, 2.45) is 0 Å². The predicted molar refractivity (Wildman–Crippen MR) is 306 cm³/mol. The molecule has 73 heavy (non-hydrogen) atoms. The molecule has 1 heterocycles. The summed E-state index contributed by atoms with van der Waals surface area (Å²) in [5.74, 6) is 0. The summed E-state index contributed by atoms with van der Waals surface area (Å²) < 4.78 is 2.43. The molecule has 0 bridgehead atoms. The Bertz CT molecular complexity index is 4230. The second kappa shape index (κ2) is 16.3. The third-order valence-electron chi connectivity index (χ3n) is 15.8. The van der Waals surface area contributed by atoms with Gasteiger partial charge in [-0.25, -0.2) is 0 Å². The fourth-order valence-electron chi connectivity index (χ4n) is 12.6. The van der Waals surface area contributed by atoms with Crippen molar-refractivity contribution in [3.63, 3.8) is 0 Å². The Morgan fingerprint density at radius 3 is 1.33 bits per heavy atom. The number of hydrogen-bond donors (Lipinski definition) is 0. The van der Waals surface area contributed by atoms with Crippen molar-refractivity contribution in [1.82, 2.24) is 4.57 Å². The van der Waals surface area contributed by atoms with Crippen LogP contribution in [0.3, 0.4) is 0 Å². The molecule has 15 rings (SSSR count). The van der Waals surface area contributed by atoms with Gasteiger partial charge in [-0.1, -0.05) is 218 Å². The summed E-state index contributed by atoms with van der Waals surface area (Å²) in [6, 6.07) is 103. The molecule has 2 aliphatic rings. The maximum Gasteiger partial charge on any atom is 0.0726 e. The summed E-state index contributed by atoms with van der Waals surface area (Å²) in [4.78, 5) is 2.43. The monoisotopic (exact) mass is 926 g/mol. The van der Waals surface area contributed by atoms with Crippen molar-refractivity contribution in [3.05, 3.63) is 301 Å². The van der Waals surface area contributed by atoms with E-state index in [1.54, 1.807) is 0 Å². The topological polar surface area (TPSA) is 8.17 Å². The Kier molecular flexibility index (Phi) is 9.21. The normalized spacial score (nSPS) is 12.8. The lowest BCUT2D eigenvalue weighted by Gasteiger charge is -2.32. The quantitative estimate of drug-likeness (QED) is 0.155. The maximum absolute atomic E-state index is 2.48. The van der Waals surface area contributed by atoms with Crippen molar-refractivity contribution < 1.29 is 0 Å². The Hall–Kier alpha value is -9.50. The van der Waals surface area contributed by atoms with Crippen molar-refractivity contribution in [1.29, 1.82) is 0 Å². The second-order valence-corrected chi connectivity index (χ2v) is 19.6. The highest BCUT2D eigenvalue weighted by Gasteiger charge is 2.51. The summed E-state index contributed by atoms with van der Waals surface area (Å²) in [5, 5.41) is 4.99. The number of para-hydroxylation sites is 1. The van der Waals surface area contributed by atoms with Gasteiger partial charge in [0, 0.05) is 33.2 Å². The fourth-order valence-corrected chi connectivity index (χ4v) is 12.6. The molecule has 0 saturated heterocycles. The number of fused-ring (bicyclic) bond motifs is 14. The molecule has 0 fully saturated rings. The summed E-state index contributed by atoms with van der Waals surface area (Å²) >= 11 is 0. The zero-order chi connectivity index (χ0) is 48.0. The molecule has 0 atom stereocenters. The van der Waals surface area contributed by atoms with E-state index in [4.69, 9.17) is 0 Å². The van der Waals surface area contributed by atoms with Crippen LogP contribution in [0.4, 0.5) is 17.1 Å². The smallest absolute Gasteiger partial charge is 0.0726 e. The number of aromatic nitrogens is 1. The summed E-state index contributed by atoms with van der Waals surface area (Å²) in [5.41, 5.74) is 24.2. The van der Waals surface area contributed by atoms with Gasteiger partial charge < -0.3 is 9.47 Å². The highest BCUT2D eigenvalue weighted by atomic mass is 15.1. The molecule has 0 N–H and O–H groups in total. The van der Waals surface area contributed by atoms with E-state index in [1.165, 1.54) is 116 Å². The maximum atomic E-state index is 2.48. The Morgan fingerprint density at radius 1 is 0.260 bits per heavy atom. The van der Waals surface area contributed by atoms with Crippen LogP contribution in [0.25, 0.3) is 93.9 Å². The Morgan fingerprint density at radius 2 is 0.699 bits per heavy atom. The molecular formula is C71H46N2. The molecule has 0 saturated carbocycles. The van der Waals surface area contributed by atoms with Crippen LogP contribution in [0, 0.1) is 0 Å². The molecule has 1 spiro atoms. The molecular weight excluding hydrogens is 881 g/mol. The fraction of sp³-hybridized carbons (Fsp3) is 0.0141. The highest BCUT2D eigenvalue weighted by molar-refractivity contribution is 6.12. The average Bonchev–Trinajstić information content (AvgIpc) is 4.10. The number of rotatable bonds is 7. The molecule has 2 nitrogen and oxygen atoms in total. The lowest BCUT2D eigenvalue weighted by Crippen LogP contribution is -2.26. The van der Waals surface area contributed by atoms with E-state index in [-0.39, 0.29) is 0 Å². The largest absolute Gasteiger partial charge is 0.310 e. The molecule has 0 radical (unpaired) electrons. The van der Waals surface area contributed by atoms with Crippen LogP contribution in [-0.2, 0) is 5.41 Å². The SMILES string of the molecule is c1ccc(-c2ccc(N(c3ccc(-c4ccc(-c5ccc6c(c5)c5ccccc5n6-c5cccc6ccccc56)cc4)cc3)c3ccc4c(c3)C3(c5ccccc5-c5ccccc53)c3ccccc3-4)cc2)cc1. The van der Waals surface area contributed by atoms with Crippen LogP contribution in [0.2, 0.25) is 0 Å². The molecule has 2 aliphatic carbocycles. The first-order valence-electron chi connectivity index (χ1n) is 25.3. The molecule has 340 valence electrons. The van der Waals surface area contributed by atoms with Crippen LogP contribution >= 0.6 is 0 Å². The van der Waals surface area contributed by atoms with E-state index >= 15 is 0 Å². The van der Waals surface area contributed by atoms with Crippen molar-refractivity contribution in [2.45, 2.75) is 5.41 Å². The van der Waals surface area contributed by atoms with Gasteiger partial charge >= 0.3 is 0 Å². The zero-order valence-electron chi connectivity index (χ0n) is 40.0. The number of nitrogens with zero attached hydrogens (tertiary/aromatic N) is 2. The van der Waals surface area contributed by atoms with Gasteiger partial charge in [0.1, 0.15) is 0 Å². The Balaban J connectivity index is 0.811. The molecule has 12 aromatic carbocycles. The second-order valence-electron chi connectivity index (χ2n) is 19.6. The van der Waals surface area contributed by atoms with Crippen LogP contribution < -0.4 is 4.90 Å². The van der Waals surface area contributed by atoms with Crippen molar-refractivity contribution in [2.75, 3.05) is 4.90 Å². The molecule has 0 aliphatic heterocycles. The summed E-state index contributed by atoms with van der Waals surface area (Å²) in [7, 11) is 0. The first-order chi connectivity index (χ1) is 36.2. The minimum Gasteiger partial charge on any atom is -0.310 e.